The number of ketones is 1. The fraction of sp³-hybridized carbons (Fsp3) is 0.364. The molecule has 0 aliphatic rings. The molecule has 0 radical (unpaired) electrons. The SMILES string of the molecule is O=C(COc1ccccc1)C(O)C(O)CO. The van der Waals surface area contributed by atoms with E-state index in [2.05, 4.69) is 0 Å². The fourth-order valence-electron chi connectivity index (χ4n) is 1.07. The number of para-hydroxylation sites is 1. The first kappa shape index (κ1) is 12.6. The van der Waals surface area contributed by atoms with Gasteiger partial charge in [-0.1, -0.05) is 18.2 Å². The molecule has 2 atom stereocenters. The van der Waals surface area contributed by atoms with Crippen molar-refractivity contribution < 1.29 is 24.9 Å². The molecule has 5 heteroatoms. The summed E-state index contributed by atoms with van der Waals surface area (Å²) in [4.78, 5) is 11.3. The number of hydrogen-bond acceptors (Lipinski definition) is 5. The van der Waals surface area contributed by atoms with E-state index in [1.807, 2.05) is 0 Å². The van der Waals surface area contributed by atoms with E-state index in [1.165, 1.54) is 0 Å². The highest BCUT2D eigenvalue weighted by Crippen LogP contribution is 2.08. The molecule has 0 saturated carbocycles. The maximum Gasteiger partial charge on any atom is 0.201 e. The van der Waals surface area contributed by atoms with Crippen molar-refractivity contribution in [3.8, 4) is 5.75 Å². The summed E-state index contributed by atoms with van der Waals surface area (Å²) in [7, 11) is 0. The normalized spacial score (nSPS) is 14.2. The number of aliphatic hydroxyl groups is 3. The second kappa shape index (κ2) is 6.22. The fourth-order valence-corrected chi connectivity index (χ4v) is 1.07. The van der Waals surface area contributed by atoms with Crippen LogP contribution in [-0.4, -0.2) is 46.5 Å². The summed E-state index contributed by atoms with van der Waals surface area (Å²) >= 11 is 0. The third kappa shape index (κ3) is 3.62. The molecule has 2 unspecified atom stereocenters. The van der Waals surface area contributed by atoms with E-state index >= 15 is 0 Å². The van der Waals surface area contributed by atoms with Gasteiger partial charge in [0.2, 0.25) is 5.78 Å². The first-order valence-corrected chi connectivity index (χ1v) is 4.82. The van der Waals surface area contributed by atoms with Gasteiger partial charge >= 0.3 is 0 Å². The van der Waals surface area contributed by atoms with Crippen LogP contribution in [0.4, 0.5) is 0 Å². The monoisotopic (exact) mass is 226 g/mol. The summed E-state index contributed by atoms with van der Waals surface area (Å²) in [6.45, 7) is -1.01. The van der Waals surface area contributed by atoms with Crippen LogP contribution in [-0.2, 0) is 4.79 Å². The predicted molar refractivity (Wildman–Crippen MR) is 56.0 cm³/mol. The number of hydrogen-bond donors (Lipinski definition) is 3. The maximum atomic E-state index is 11.3. The van der Waals surface area contributed by atoms with Gasteiger partial charge in [0.25, 0.3) is 0 Å². The van der Waals surface area contributed by atoms with Crippen molar-refractivity contribution in [2.75, 3.05) is 13.2 Å². The molecule has 1 aromatic rings. The smallest absolute Gasteiger partial charge is 0.201 e. The molecule has 16 heavy (non-hydrogen) atoms. The van der Waals surface area contributed by atoms with Gasteiger partial charge in [-0.05, 0) is 12.1 Å². The Morgan fingerprint density at radius 1 is 1.25 bits per heavy atom. The number of benzene rings is 1. The van der Waals surface area contributed by atoms with Gasteiger partial charge in [0, 0.05) is 0 Å². The minimum absolute atomic E-state index is 0.345. The molecule has 5 nitrogen and oxygen atoms in total. The number of carbonyl (C=O) groups excluding carboxylic acids is 1. The van der Waals surface area contributed by atoms with Gasteiger partial charge in [0.1, 0.15) is 24.6 Å². The second-order valence-electron chi connectivity index (χ2n) is 3.26. The van der Waals surface area contributed by atoms with E-state index in [0.29, 0.717) is 5.75 Å². The summed E-state index contributed by atoms with van der Waals surface area (Å²) in [6.07, 6.45) is -3.08. The Morgan fingerprint density at radius 3 is 2.44 bits per heavy atom. The lowest BCUT2D eigenvalue weighted by molar-refractivity contribution is -0.136. The van der Waals surface area contributed by atoms with Crippen LogP contribution < -0.4 is 4.74 Å². The van der Waals surface area contributed by atoms with Gasteiger partial charge in [-0.3, -0.25) is 4.79 Å². The first-order chi connectivity index (χ1) is 7.65. The molecule has 88 valence electrons. The zero-order valence-electron chi connectivity index (χ0n) is 8.61. The Hall–Kier alpha value is -1.43. The quantitative estimate of drug-likeness (QED) is 0.600. The molecule has 0 amide bonds. The lowest BCUT2D eigenvalue weighted by atomic mass is 10.1. The average Bonchev–Trinajstić information content (AvgIpc) is 2.35. The highest BCUT2D eigenvalue weighted by atomic mass is 16.5. The van der Waals surface area contributed by atoms with Crippen LogP contribution >= 0.6 is 0 Å². The van der Waals surface area contributed by atoms with E-state index < -0.39 is 24.6 Å². The Labute approximate surface area is 92.9 Å². The largest absolute Gasteiger partial charge is 0.486 e. The van der Waals surface area contributed by atoms with Crippen LogP contribution in [0.15, 0.2) is 30.3 Å². The number of ether oxygens (including phenoxy) is 1. The van der Waals surface area contributed by atoms with Crippen molar-refractivity contribution in [3.05, 3.63) is 30.3 Å². The van der Waals surface area contributed by atoms with Crippen molar-refractivity contribution in [2.45, 2.75) is 12.2 Å². The van der Waals surface area contributed by atoms with Crippen LogP contribution in [0.25, 0.3) is 0 Å². The lowest BCUT2D eigenvalue weighted by Gasteiger charge is -2.14. The number of carbonyl (C=O) groups is 1. The van der Waals surface area contributed by atoms with Gasteiger partial charge in [0.15, 0.2) is 0 Å². The van der Waals surface area contributed by atoms with Crippen molar-refractivity contribution in [1.82, 2.24) is 0 Å². The first-order valence-electron chi connectivity index (χ1n) is 4.82. The van der Waals surface area contributed by atoms with Gasteiger partial charge in [0.05, 0.1) is 6.61 Å². The van der Waals surface area contributed by atoms with Crippen LogP contribution in [0.3, 0.4) is 0 Å². The molecule has 0 saturated heterocycles. The van der Waals surface area contributed by atoms with E-state index in [-0.39, 0.29) is 6.61 Å². The predicted octanol–water partition coefficient (Wildman–Crippen LogP) is -0.651. The van der Waals surface area contributed by atoms with E-state index in [9.17, 15) is 9.90 Å². The van der Waals surface area contributed by atoms with E-state index in [1.54, 1.807) is 30.3 Å². The highest BCUT2D eigenvalue weighted by molar-refractivity contribution is 5.84. The topological polar surface area (TPSA) is 87.0 Å². The molecule has 0 aliphatic carbocycles. The van der Waals surface area contributed by atoms with Crippen molar-refractivity contribution in [3.63, 3.8) is 0 Å². The minimum atomic E-state index is -1.62. The molecule has 0 heterocycles. The standard InChI is InChI=1S/C11H14O5/c12-6-9(13)11(15)10(14)7-16-8-4-2-1-3-5-8/h1-5,9,11-13,15H,6-7H2. The molecule has 0 aromatic heterocycles. The van der Waals surface area contributed by atoms with Gasteiger partial charge in [-0.15, -0.1) is 0 Å². The Bertz CT molecular complexity index is 324. The van der Waals surface area contributed by atoms with Crippen molar-refractivity contribution in [1.29, 1.82) is 0 Å². The van der Waals surface area contributed by atoms with Gasteiger partial charge < -0.3 is 20.1 Å². The van der Waals surface area contributed by atoms with Crippen molar-refractivity contribution in [2.24, 2.45) is 0 Å². The second-order valence-corrected chi connectivity index (χ2v) is 3.26. The number of aliphatic hydroxyl groups excluding tert-OH is 3. The van der Waals surface area contributed by atoms with Crippen LogP contribution in [0, 0.1) is 0 Å². The van der Waals surface area contributed by atoms with Gasteiger partial charge in [-0.25, -0.2) is 0 Å². The van der Waals surface area contributed by atoms with E-state index in [0.717, 1.165) is 0 Å². The maximum absolute atomic E-state index is 11.3. The molecule has 0 spiro atoms. The summed E-state index contributed by atoms with van der Waals surface area (Å²) in [6, 6.07) is 8.64. The van der Waals surface area contributed by atoms with E-state index in [4.69, 9.17) is 14.9 Å². The molecular formula is C11H14O5. The number of Topliss-reactive ketones (excluding diaryl/α,β-unsaturated/α-hetero) is 1. The van der Waals surface area contributed by atoms with Crippen LogP contribution in [0.5, 0.6) is 5.75 Å². The Morgan fingerprint density at radius 2 is 1.88 bits per heavy atom. The molecular weight excluding hydrogens is 212 g/mol. The summed E-state index contributed by atoms with van der Waals surface area (Å²) in [5.41, 5.74) is 0. The number of rotatable bonds is 6. The van der Waals surface area contributed by atoms with Crippen LogP contribution in [0.1, 0.15) is 0 Å². The third-order valence-corrected chi connectivity index (χ3v) is 2.01. The molecule has 0 fully saturated rings. The summed E-state index contributed by atoms with van der Waals surface area (Å²) in [5, 5.41) is 26.8. The van der Waals surface area contributed by atoms with Gasteiger partial charge in [-0.2, -0.15) is 0 Å². The molecule has 0 bridgehead atoms. The zero-order valence-corrected chi connectivity index (χ0v) is 8.61. The van der Waals surface area contributed by atoms with Crippen molar-refractivity contribution >= 4 is 5.78 Å². The molecule has 0 aliphatic heterocycles. The zero-order chi connectivity index (χ0) is 12.0. The summed E-state index contributed by atoms with van der Waals surface area (Å²) < 4.78 is 5.08. The van der Waals surface area contributed by atoms with Crippen LogP contribution in [0.2, 0.25) is 0 Å². The Balaban J connectivity index is 2.41. The third-order valence-electron chi connectivity index (χ3n) is 2.01. The minimum Gasteiger partial charge on any atom is -0.486 e. The molecule has 1 rings (SSSR count). The summed E-state index contributed by atoms with van der Waals surface area (Å²) in [5.74, 6) is -0.174. The highest BCUT2D eigenvalue weighted by Gasteiger charge is 2.23. The lowest BCUT2D eigenvalue weighted by Crippen LogP contribution is -2.39. The molecule has 1 aromatic carbocycles. The Kier molecular flexibility index (Phi) is 4.91. The molecule has 3 N–H and O–H groups in total. The average molecular weight is 226 g/mol.